The number of benzene rings is 4. The molecule has 1 N–H and O–H groups in total. The maximum atomic E-state index is 11.9. The fourth-order valence-electron chi connectivity index (χ4n) is 5.31. The van der Waals surface area contributed by atoms with Gasteiger partial charge in [-0.05, 0) is 99.9 Å². The van der Waals surface area contributed by atoms with E-state index in [0.717, 1.165) is 61.6 Å². The number of amides is 1. The Hall–Kier alpha value is -4.19. The summed E-state index contributed by atoms with van der Waals surface area (Å²) in [5.74, 6) is 2.88. The molecule has 0 aromatic heterocycles. The smallest absolute Gasteiger partial charge is 0.217 e. The van der Waals surface area contributed by atoms with Crippen LogP contribution in [0, 0.1) is 6.92 Å². The van der Waals surface area contributed by atoms with Crippen LogP contribution in [0.2, 0.25) is 0 Å². The predicted molar refractivity (Wildman–Crippen MR) is 170 cm³/mol. The molecule has 0 bridgehead atoms. The highest BCUT2D eigenvalue weighted by molar-refractivity contribution is 6.05. The van der Waals surface area contributed by atoms with E-state index < -0.39 is 0 Å². The van der Waals surface area contributed by atoms with Gasteiger partial charge in [-0.25, -0.2) is 0 Å². The molecule has 0 radical (unpaired) electrons. The molecule has 0 aliphatic heterocycles. The molecule has 1 atom stereocenters. The normalized spacial score (nSPS) is 12.0. The molecular formula is C36H43NO5. The Kier molecular flexibility index (Phi) is 10.00. The number of carbonyl (C=O) groups excluding carboxylic acids is 1. The first kappa shape index (κ1) is 30.8. The van der Waals surface area contributed by atoms with Crippen molar-refractivity contribution in [3.05, 3.63) is 83.4 Å². The molecule has 0 saturated carbocycles. The summed E-state index contributed by atoms with van der Waals surface area (Å²) in [5.41, 5.74) is 5.13. The molecule has 1 amide bonds. The third-order valence-corrected chi connectivity index (χ3v) is 6.78. The molecule has 0 spiro atoms. The van der Waals surface area contributed by atoms with Gasteiger partial charge in [-0.2, -0.15) is 0 Å². The second-order valence-electron chi connectivity index (χ2n) is 11.4. The van der Waals surface area contributed by atoms with Gasteiger partial charge in [0.2, 0.25) is 5.91 Å². The Morgan fingerprint density at radius 2 is 1.55 bits per heavy atom. The number of rotatable bonds is 12. The minimum absolute atomic E-state index is 0.00263. The number of ether oxygens (including phenoxy) is 4. The molecule has 0 fully saturated rings. The first-order valence-corrected chi connectivity index (χ1v) is 14.6. The van der Waals surface area contributed by atoms with Crippen molar-refractivity contribution in [3.63, 3.8) is 0 Å². The molecule has 4 rings (SSSR count). The molecule has 0 heterocycles. The van der Waals surface area contributed by atoms with Crippen molar-refractivity contribution in [2.75, 3.05) is 7.11 Å². The van der Waals surface area contributed by atoms with Crippen LogP contribution in [0.15, 0.2) is 66.7 Å². The quantitative estimate of drug-likeness (QED) is 0.187. The van der Waals surface area contributed by atoms with Crippen LogP contribution in [-0.4, -0.2) is 31.3 Å². The highest BCUT2D eigenvalue weighted by Crippen LogP contribution is 2.46. The molecule has 0 unspecified atom stereocenters. The number of hydrogen-bond donors (Lipinski definition) is 1. The molecule has 0 aliphatic rings. The lowest BCUT2D eigenvalue weighted by molar-refractivity contribution is -0.119. The van der Waals surface area contributed by atoms with Gasteiger partial charge in [0, 0.05) is 24.6 Å². The molecule has 4 aromatic rings. The van der Waals surface area contributed by atoms with Gasteiger partial charge in [-0.3, -0.25) is 4.79 Å². The summed E-state index contributed by atoms with van der Waals surface area (Å²) in [6.45, 7) is 14.1. The van der Waals surface area contributed by atoms with E-state index in [9.17, 15) is 4.79 Å². The summed E-state index contributed by atoms with van der Waals surface area (Å²) in [4.78, 5) is 11.9. The Balaban J connectivity index is 1.97. The predicted octanol–water partition coefficient (Wildman–Crippen LogP) is 8.04. The Morgan fingerprint density at radius 3 is 2.19 bits per heavy atom. The SMILES string of the molecule is COc1cc(C)cc2c(-c3c(C[C@@H](C)NC(C)=O)cc(OC(C)C)cc3OC(C)C)ccc(OCc3ccccc3)c12. The van der Waals surface area contributed by atoms with E-state index in [-0.39, 0.29) is 24.2 Å². The van der Waals surface area contributed by atoms with E-state index in [4.69, 9.17) is 18.9 Å². The summed E-state index contributed by atoms with van der Waals surface area (Å²) in [6.07, 6.45) is 0.530. The van der Waals surface area contributed by atoms with Crippen LogP contribution in [0.3, 0.4) is 0 Å². The van der Waals surface area contributed by atoms with E-state index in [2.05, 4.69) is 42.6 Å². The minimum atomic E-state index is -0.0986. The minimum Gasteiger partial charge on any atom is -0.496 e. The van der Waals surface area contributed by atoms with Gasteiger partial charge in [0.15, 0.2) is 0 Å². The maximum Gasteiger partial charge on any atom is 0.217 e. The van der Waals surface area contributed by atoms with Gasteiger partial charge in [0.05, 0.1) is 24.7 Å². The van der Waals surface area contributed by atoms with Gasteiger partial charge in [-0.1, -0.05) is 36.4 Å². The monoisotopic (exact) mass is 569 g/mol. The first-order valence-electron chi connectivity index (χ1n) is 14.6. The molecular weight excluding hydrogens is 526 g/mol. The largest absolute Gasteiger partial charge is 0.496 e. The zero-order valence-corrected chi connectivity index (χ0v) is 26.0. The standard InChI is InChI=1S/C36H43NO5/c1-22(2)41-29-19-28(18-25(6)37-26(7)38)35(34(20-29)42-23(3)4)30-14-15-32(40-21-27-12-10-9-11-13-27)36-31(30)16-24(5)17-33(36)39-8/h9-17,19-20,22-23,25H,18,21H2,1-8H3,(H,37,38)/t25-/m1/s1. The zero-order chi connectivity index (χ0) is 30.4. The molecule has 42 heavy (non-hydrogen) atoms. The Labute approximate surface area is 250 Å². The average Bonchev–Trinajstić information content (AvgIpc) is 2.91. The van der Waals surface area contributed by atoms with Crippen molar-refractivity contribution in [2.24, 2.45) is 0 Å². The lowest BCUT2D eigenvalue weighted by Gasteiger charge is -2.24. The van der Waals surface area contributed by atoms with E-state index in [1.807, 2.05) is 71.0 Å². The summed E-state index contributed by atoms with van der Waals surface area (Å²) in [7, 11) is 1.69. The van der Waals surface area contributed by atoms with Gasteiger partial charge >= 0.3 is 0 Å². The molecule has 0 aliphatic carbocycles. The topological polar surface area (TPSA) is 66.0 Å². The van der Waals surface area contributed by atoms with E-state index in [1.165, 1.54) is 0 Å². The number of hydrogen-bond acceptors (Lipinski definition) is 5. The third-order valence-electron chi connectivity index (χ3n) is 6.78. The van der Waals surface area contributed by atoms with Crippen LogP contribution in [0.1, 0.15) is 58.2 Å². The highest BCUT2D eigenvalue weighted by atomic mass is 16.5. The fraction of sp³-hybridized carbons (Fsp3) is 0.361. The Morgan fingerprint density at radius 1 is 0.833 bits per heavy atom. The van der Waals surface area contributed by atoms with Gasteiger partial charge in [0.25, 0.3) is 0 Å². The van der Waals surface area contributed by atoms with Crippen molar-refractivity contribution >= 4 is 16.7 Å². The van der Waals surface area contributed by atoms with Crippen LogP contribution in [0.4, 0.5) is 0 Å². The second kappa shape index (κ2) is 13.6. The van der Waals surface area contributed by atoms with Gasteiger partial charge < -0.3 is 24.3 Å². The van der Waals surface area contributed by atoms with E-state index >= 15 is 0 Å². The van der Waals surface area contributed by atoms with Crippen molar-refractivity contribution < 1.29 is 23.7 Å². The maximum absolute atomic E-state index is 11.9. The van der Waals surface area contributed by atoms with E-state index in [0.29, 0.717) is 13.0 Å². The number of methoxy groups -OCH3 is 1. The van der Waals surface area contributed by atoms with Crippen LogP contribution in [0.5, 0.6) is 23.0 Å². The highest BCUT2D eigenvalue weighted by Gasteiger charge is 2.23. The fourth-order valence-corrected chi connectivity index (χ4v) is 5.31. The third kappa shape index (κ3) is 7.55. The molecule has 4 aromatic carbocycles. The van der Waals surface area contributed by atoms with Gasteiger partial charge in [0.1, 0.15) is 29.6 Å². The summed E-state index contributed by atoms with van der Waals surface area (Å²) >= 11 is 0. The van der Waals surface area contributed by atoms with Crippen LogP contribution >= 0.6 is 0 Å². The number of nitrogens with one attached hydrogen (secondary N) is 1. The zero-order valence-electron chi connectivity index (χ0n) is 26.0. The molecule has 222 valence electrons. The van der Waals surface area contributed by atoms with Crippen LogP contribution < -0.4 is 24.3 Å². The van der Waals surface area contributed by atoms with Crippen molar-refractivity contribution in [1.29, 1.82) is 0 Å². The van der Waals surface area contributed by atoms with Crippen LogP contribution in [-0.2, 0) is 17.8 Å². The summed E-state index contributed by atoms with van der Waals surface area (Å²) in [5, 5.41) is 4.93. The summed E-state index contributed by atoms with van der Waals surface area (Å²) in [6, 6.07) is 22.4. The average molecular weight is 570 g/mol. The van der Waals surface area contributed by atoms with Crippen molar-refractivity contribution in [2.45, 2.75) is 79.7 Å². The second-order valence-corrected chi connectivity index (χ2v) is 11.4. The molecule has 6 nitrogen and oxygen atoms in total. The van der Waals surface area contributed by atoms with E-state index in [1.54, 1.807) is 14.0 Å². The number of carbonyl (C=O) groups is 1. The number of fused-ring (bicyclic) bond motifs is 1. The lowest BCUT2D eigenvalue weighted by atomic mass is 9.89. The van der Waals surface area contributed by atoms with Crippen molar-refractivity contribution in [3.8, 4) is 34.1 Å². The lowest BCUT2D eigenvalue weighted by Crippen LogP contribution is -2.32. The number of aryl methyl sites for hydroxylation is 1. The molecule has 0 saturated heterocycles. The van der Waals surface area contributed by atoms with Crippen LogP contribution in [0.25, 0.3) is 21.9 Å². The molecule has 6 heteroatoms. The Bertz CT molecular complexity index is 1530. The first-order chi connectivity index (χ1) is 20.0. The van der Waals surface area contributed by atoms with Gasteiger partial charge in [-0.15, -0.1) is 0 Å². The van der Waals surface area contributed by atoms with Crippen molar-refractivity contribution in [1.82, 2.24) is 5.32 Å². The summed E-state index contributed by atoms with van der Waals surface area (Å²) < 4.78 is 24.9.